The van der Waals surface area contributed by atoms with Gasteiger partial charge in [-0.25, -0.2) is 0 Å². The van der Waals surface area contributed by atoms with Crippen LogP contribution in [0.25, 0.3) is 0 Å². The lowest BCUT2D eigenvalue weighted by atomic mass is 10.1. The second kappa shape index (κ2) is 7.13. The number of nitrogens with one attached hydrogen (secondary N) is 2. The zero-order valence-electron chi connectivity index (χ0n) is 10.7. The lowest BCUT2D eigenvalue weighted by Gasteiger charge is -2.09. The Kier molecular flexibility index (Phi) is 5.80. The van der Waals surface area contributed by atoms with Gasteiger partial charge in [0.15, 0.2) is 0 Å². The summed E-state index contributed by atoms with van der Waals surface area (Å²) in [5.74, 6) is 5.79. The van der Waals surface area contributed by atoms with Gasteiger partial charge in [0.25, 0.3) is 5.91 Å². The Labute approximate surface area is 110 Å². The van der Waals surface area contributed by atoms with E-state index >= 15 is 0 Å². The van der Waals surface area contributed by atoms with E-state index in [1.807, 2.05) is 13.0 Å². The molecule has 1 aromatic carbocycles. The Bertz CT molecular complexity index is 449. The topological polar surface area (TPSA) is 84.2 Å². The van der Waals surface area contributed by atoms with Crippen LogP contribution in [0.1, 0.15) is 22.3 Å². The molecule has 1 amide bonds. The van der Waals surface area contributed by atoms with Crippen molar-refractivity contribution >= 4 is 22.4 Å². The fourth-order valence-corrected chi connectivity index (χ4v) is 2.13. The molecule has 4 N–H and O–H groups in total. The van der Waals surface area contributed by atoms with Crippen molar-refractivity contribution in [1.82, 2.24) is 5.32 Å². The molecule has 0 aromatic heterocycles. The van der Waals surface area contributed by atoms with Crippen LogP contribution in [0.15, 0.2) is 18.2 Å². The molecule has 0 saturated carbocycles. The Morgan fingerprint density at radius 1 is 1.44 bits per heavy atom. The summed E-state index contributed by atoms with van der Waals surface area (Å²) in [6.45, 7) is 2.39. The Hall–Kier alpha value is -1.40. The van der Waals surface area contributed by atoms with Crippen LogP contribution in [-0.2, 0) is 10.8 Å². The molecular formula is C12H19N3O2S. The summed E-state index contributed by atoms with van der Waals surface area (Å²) in [6, 6.07) is 5.30. The Morgan fingerprint density at radius 2 is 2.17 bits per heavy atom. The summed E-state index contributed by atoms with van der Waals surface area (Å²) in [7, 11) is -0.807. The van der Waals surface area contributed by atoms with Crippen molar-refractivity contribution in [3.05, 3.63) is 29.3 Å². The molecule has 6 heteroatoms. The smallest absolute Gasteiger partial charge is 0.251 e. The number of amides is 1. The standard InChI is InChI=1S/C12H19N3O2S/c1-9-8-10(15-13)4-5-11(9)12(16)14-6-3-7-18(2)17/h4-5,8,15H,3,6-7,13H2,1-2H3,(H,14,16). The van der Waals surface area contributed by atoms with Gasteiger partial charge in [-0.15, -0.1) is 0 Å². The summed E-state index contributed by atoms with van der Waals surface area (Å²) in [6.07, 6.45) is 2.38. The van der Waals surface area contributed by atoms with Crippen LogP contribution in [0.3, 0.4) is 0 Å². The van der Waals surface area contributed by atoms with E-state index in [9.17, 15) is 9.00 Å². The molecule has 0 aliphatic heterocycles. The highest BCUT2D eigenvalue weighted by Crippen LogP contribution is 2.14. The first-order valence-corrected chi connectivity index (χ1v) is 7.43. The molecule has 1 atom stereocenters. The van der Waals surface area contributed by atoms with Gasteiger partial charge in [-0.05, 0) is 37.1 Å². The normalized spacial score (nSPS) is 11.9. The van der Waals surface area contributed by atoms with Crippen molar-refractivity contribution in [1.29, 1.82) is 0 Å². The van der Waals surface area contributed by atoms with E-state index in [1.165, 1.54) is 0 Å². The molecule has 0 aliphatic rings. The van der Waals surface area contributed by atoms with Gasteiger partial charge in [-0.2, -0.15) is 0 Å². The van der Waals surface area contributed by atoms with Crippen molar-refractivity contribution in [2.75, 3.05) is 24.0 Å². The Balaban J connectivity index is 2.54. The first-order chi connectivity index (χ1) is 8.54. The van der Waals surface area contributed by atoms with Crippen LogP contribution in [0, 0.1) is 6.92 Å². The molecule has 0 saturated heterocycles. The van der Waals surface area contributed by atoms with Gasteiger partial charge in [0.1, 0.15) is 0 Å². The van der Waals surface area contributed by atoms with Crippen molar-refractivity contribution in [2.24, 2.45) is 5.84 Å². The fraction of sp³-hybridized carbons (Fsp3) is 0.417. The lowest BCUT2D eigenvalue weighted by Crippen LogP contribution is -2.26. The van der Waals surface area contributed by atoms with E-state index in [1.54, 1.807) is 18.4 Å². The van der Waals surface area contributed by atoms with Crippen LogP contribution < -0.4 is 16.6 Å². The maximum atomic E-state index is 11.9. The van der Waals surface area contributed by atoms with Crippen LogP contribution in [0.4, 0.5) is 5.69 Å². The Morgan fingerprint density at radius 3 is 2.72 bits per heavy atom. The minimum Gasteiger partial charge on any atom is -0.352 e. The van der Waals surface area contributed by atoms with Gasteiger partial charge < -0.3 is 10.7 Å². The van der Waals surface area contributed by atoms with Crippen LogP contribution >= 0.6 is 0 Å². The number of hydrogen-bond donors (Lipinski definition) is 3. The molecule has 0 fully saturated rings. The van der Waals surface area contributed by atoms with Gasteiger partial charge in [0.2, 0.25) is 0 Å². The predicted octanol–water partition coefficient (Wildman–Crippen LogP) is 0.779. The SMILES string of the molecule is Cc1cc(NN)ccc1C(=O)NCCCS(C)=O. The maximum absolute atomic E-state index is 11.9. The number of hydrogen-bond acceptors (Lipinski definition) is 4. The van der Waals surface area contributed by atoms with Crippen molar-refractivity contribution in [2.45, 2.75) is 13.3 Å². The first kappa shape index (κ1) is 14.7. The van der Waals surface area contributed by atoms with Gasteiger partial charge in [-0.3, -0.25) is 14.8 Å². The first-order valence-electron chi connectivity index (χ1n) is 5.70. The highest BCUT2D eigenvalue weighted by Gasteiger charge is 2.08. The molecule has 0 aliphatic carbocycles. The molecule has 18 heavy (non-hydrogen) atoms. The zero-order valence-corrected chi connectivity index (χ0v) is 11.5. The van der Waals surface area contributed by atoms with Crippen LogP contribution in [-0.4, -0.2) is 28.7 Å². The second-order valence-corrected chi connectivity index (χ2v) is 5.62. The minimum absolute atomic E-state index is 0.113. The van der Waals surface area contributed by atoms with E-state index in [2.05, 4.69) is 10.7 Å². The molecule has 0 radical (unpaired) electrons. The number of nitrogens with two attached hydrogens (primary N) is 1. The van der Waals surface area contributed by atoms with Crippen LogP contribution in [0.2, 0.25) is 0 Å². The minimum atomic E-state index is -0.807. The number of rotatable bonds is 6. The molecule has 0 spiro atoms. The highest BCUT2D eigenvalue weighted by molar-refractivity contribution is 7.84. The number of nitrogen functional groups attached to an aromatic ring is 1. The van der Waals surface area contributed by atoms with Crippen molar-refractivity contribution in [3.8, 4) is 0 Å². The highest BCUT2D eigenvalue weighted by atomic mass is 32.2. The summed E-state index contributed by atoms with van der Waals surface area (Å²) < 4.78 is 10.9. The van der Waals surface area contributed by atoms with E-state index < -0.39 is 10.8 Å². The van der Waals surface area contributed by atoms with Crippen molar-refractivity contribution in [3.63, 3.8) is 0 Å². The molecule has 5 nitrogen and oxygen atoms in total. The average molecular weight is 269 g/mol. The maximum Gasteiger partial charge on any atom is 0.251 e. The molecule has 0 bridgehead atoms. The third-order valence-corrected chi connectivity index (χ3v) is 3.40. The van der Waals surface area contributed by atoms with Gasteiger partial charge in [-0.1, -0.05) is 0 Å². The number of anilines is 1. The summed E-state index contributed by atoms with van der Waals surface area (Å²) in [4.78, 5) is 11.9. The number of carbonyl (C=O) groups is 1. The van der Waals surface area contributed by atoms with Gasteiger partial charge in [0.05, 0.1) is 0 Å². The van der Waals surface area contributed by atoms with Crippen molar-refractivity contribution < 1.29 is 9.00 Å². The van der Waals surface area contributed by atoms with E-state index in [4.69, 9.17) is 5.84 Å². The lowest BCUT2D eigenvalue weighted by molar-refractivity contribution is 0.0953. The van der Waals surface area contributed by atoms with E-state index in [0.29, 0.717) is 17.9 Å². The number of benzene rings is 1. The largest absolute Gasteiger partial charge is 0.352 e. The monoisotopic (exact) mass is 269 g/mol. The molecule has 1 aromatic rings. The van der Waals surface area contributed by atoms with E-state index in [-0.39, 0.29) is 5.91 Å². The third kappa shape index (κ3) is 4.46. The third-order valence-electron chi connectivity index (χ3n) is 2.53. The molecule has 100 valence electrons. The number of aryl methyl sites for hydroxylation is 1. The summed E-state index contributed by atoms with van der Waals surface area (Å²) in [5.41, 5.74) is 4.80. The average Bonchev–Trinajstić information content (AvgIpc) is 2.33. The zero-order chi connectivity index (χ0) is 13.5. The van der Waals surface area contributed by atoms with Gasteiger partial charge in [0, 0.05) is 40.6 Å². The quantitative estimate of drug-likeness (QED) is 0.405. The summed E-state index contributed by atoms with van der Waals surface area (Å²) in [5, 5.41) is 2.81. The summed E-state index contributed by atoms with van der Waals surface area (Å²) >= 11 is 0. The van der Waals surface area contributed by atoms with Gasteiger partial charge >= 0.3 is 0 Å². The molecular weight excluding hydrogens is 250 g/mol. The fourth-order valence-electron chi connectivity index (χ4n) is 1.58. The molecule has 1 rings (SSSR count). The molecule has 1 unspecified atom stereocenters. The van der Waals surface area contributed by atoms with Crippen LogP contribution in [0.5, 0.6) is 0 Å². The second-order valence-electron chi connectivity index (χ2n) is 4.06. The number of hydrazine groups is 1. The van der Waals surface area contributed by atoms with E-state index in [0.717, 1.165) is 17.7 Å². The number of carbonyl (C=O) groups excluding carboxylic acids is 1. The predicted molar refractivity (Wildman–Crippen MR) is 74.9 cm³/mol. The molecule has 0 heterocycles.